The van der Waals surface area contributed by atoms with Gasteiger partial charge in [0.25, 0.3) is 11.4 Å². The summed E-state index contributed by atoms with van der Waals surface area (Å²) in [5, 5.41) is 13.1. The molecule has 0 atom stereocenters. The van der Waals surface area contributed by atoms with Gasteiger partial charge in [-0.3, -0.25) is 4.79 Å². The van der Waals surface area contributed by atoms with Crippen LogP contribution in [0.5, 0.6) is 0 Å². The number of benzene rings is 1. The van der Waals surface area contributed by atoms with Crippen molar-refractivity contribution in [2.45, 2.75) is 0 Å². The maximum absolute atomic E-state index is 11.8. The van der Waals surface area contributed by atoms with E-state index < -0.39 is 17.4 Å². The van der Waals surface area contributed by atoms with Gasteiger partial charge < -0.3 is 10.1 Å². The molecule has 2 heterocycles. The first kappa shape index (κ1) is 11.9. The molecule has 0 fully saturated rings. The number of carboxylic acid groups (broad SMARTS) is 1. The fourth-order valence-electron chi connectivity index (χ4n) is 1.71. The van der Waals surface area contributed by atoms with Gasteiger partial charge in [0.05, 0.1) is 21.1 Å². The summed E-state index contributed by atoms with van der Waals surface area (Å²) >= 11 is 11.7. The van der Waals surface area contributed by atoms with Crippen molar-refractivity contribution in [3.05, 3.63) is 38.4 Å². The molecular formula is C10H4Cl2N4O3. The summed E-state index contributed by atoms with van der Waals surface area (Å²) in [5.41, 5.74) is 0.104. The number of hydrogen-bond acceptors (Lipinski definition) is 4. The molecule has 0 unspecified atom stereocenters. The Kier molecular flexibility index (Phi) is 2.48. The molecule has 0 aliphatic heterocycles. The van der Waals surface area contributed by atoms with E-state index in [1.807, 2.05) is 0 Å². The lowest BCUT2D eigenvalue weighted by molar-refractivity contribution is 0.0684. The summed E-state index contributed by atoms with van der Waals surface area (Å²) in [6.45, 7) is 0. The van der Waals surface area contributed by atoms with Crippen LogP contribution in [0.4, 0.5) is 0 Å². The van der Waals surface area contributed by atoms with Crippen molar-refractivity contribution in [3.63, 3.8) is 0 Å². The summed E-state index contributed by atoms with van der Waals surface area (Å²) < 4.78 is 1.12. The predicted molar refractivity (Wildman–Crippen MR) is 68.1 cm³/mol. The Labute approximate surface area is 114 Å². The van der Waals surface area contributed by atoms with Crippen molar-refractivity contribution in [2.24, 2.45) is 0 Å². The molecule has 0 aliphatic rings. The molecule has 19 heavy (non-hydrogen) atoms. The van der Waals surface area contributed by atoms with E-state index in [-0.39, 0.29) is 15.7 Å². The lowest BCUT2D eigenvalue weighted by Gasteiger charge is -2.02. The molecule has 9 heteroatoms. The summed E-state index contributed by atoms with van der Waals surface area (Å²) in [4.78, 5) is 28.8. The van der Waals surface area contributed by atoms with Gasteiger partial charge in [-0.1, -0.05) is 23.2 Å². The third-order valence-electron chi connectivity index (χ3n) is 2.52. The lowest BCUT2D eigenvalue weighted by Crippen LogP contribution is -2.11. The van der Waals surface area contributed by atoms with E-state index in [9.17, 15) is 9.59 Å². The first-order valence-electron chi connectivity index (χ1n) is 4.98. The van der Waals surface area contributed by atoms with Gasteiger partial charge in [0.15, 0.2) is 0 Å². The SMILES string of the molecule is O=C(O)c1nc2c(=O)[nH]c3cc(Cl)c(Cl)cc3n2n1. The quantitative estimate of drug-likeness (QED) is 0.710. The Hall–Kier alpha value is -2.12. The van der Waals surface area contributed by atoms with Gasteiger partial charge in [0, 0.05) is 0 Å². The summed E-state index contributed by atoms with van der Waals surface area (Å²) in [6, 6.07) is 2.94. The Balaban J connectivity index is 2.54. The molecule has 0 spiro atoms. The zero-order valence-electron chi connectivity index (χ0n) is 9.02. The zero-order valence-corrected chi connectivity index (χ0v) is 10.5. The van der Waals surface area contributed by atoms with Crippen LogP contribution in [0, 0.1) is 0 Å². The van der Waals surface area contributed by atoms with E-state index in [1.165, 1.54) is 12.1 Å². The molecule has 0 saturated carbocycles. The van der Waals surface area contributed by atoms with Crippen molar-refractivity contribution >= 4 is 45.9 Å². The molecule has 96 valence electrons. The second kappa shape index (κ2) is 3.94. The van der Waals surface area contributed by atoms with Crippen LogP contribution in [0.15, 0.2) is 16.9 Å². The number of rotatable bonds is 1. The molecule has 3 aromatic rings. The van der Waals surface area contributed by atoms with E-state index in [2.05, 4.69) is 15.1 Å². The van der Waals surface area contributed by atoms with Gasteiger partial charge in [0.2, 0.25) is 5.65 Å². The van der Waals surface area contributed by atoms with Gasteiger partial charge in [-0.15, -0.1) is 5.10 Å². The highest BCUT2D eigenvalue weighted by atomic mass is 35.5. The fourth-order valence-corrected chi connectivity index (χ4v) is 2.03. The number of carboxylic acids is 1. The number of halogens is 2. The molecule has 0 saturated heterocycles. The fraction of sp³-hybridized carbons (Fsp3) is 0. The second-order valence-electron chi connectivity index (χ2n) is 3.71. The third kappa shape index (κ3) is 1.74. The summed E-state index contributed by atoms with van der Waals surface area (Å²) in [6.07, 6.45) is 0. The number of aromatic nitrogens is 4. The molecule has 0 radical (unpaired) electrons. The van der Waals surface area contributed by atoms with Crippen LogP contribution in [0.25, 0.3) is 16.7 Å². The average Bonchev–Trinajstić information content (AvgIpc) is 2.78. The Morgan fingerprint density at radius 1 is 1.32 bits per heavy atom. The Morgan fingerprint density at radius 3 is 2.68 bits per heavy atom. The summed E-state index contributed by atoms with van der Waals surface area (Å²) in [5.74, 6) is -1.79. The van der Waals surface area contributed by atoms with E-state index in [1.54, 1.807) is 0 Å². The molecule has 1 aromatic carbocycles. The molecule has 0 bridgehead atoms. The van der Waals surface area contributed by atoms with Crippen molar-refractivity contribution in [1.82, 2.24) is 19.6 Å². The standard InChI is InChI=1S/C10H4Cl2N4O3/c11-3-1-5-6(2-4(3)12)16-8(9(17)13-5)14-7(15-16)10(18)19/h1-2H,(H,13,17)(H,18,19). The normalized spacial score (nSPS) is 11.3. The van der Waals surface area contributed by atoms with Crippen LogP contribution >= 0.6 is 23.2 Å². The average molecular weight is 299 g/mol. The number of nitrogens with zero attached hydrogens (tertiary/aromatic N) is 3. The van der Waals surface area contributed by atoms with Crippen molar-refractivity contribution in [2.75, 3.05) is 0 Å². The number of hydrogen-bond donors (Lipinski definition) is 2. The maximum atomic E-state index is 11.8. The minimum Gasteiger partial charge on any atom is -0.475 e. The van der Waals surface area contributed by atoms with E-state index in [0.29, 0.717) is 11.0 Å². The Morgan fingerprint density at radius 2 is 2.00 bits per heavy atom. The van der Waals surface area contributed by atoms with Gasteiger partial charge >= 0.3 is 5.97 Å². The second-order valence-corrected chi connectivity index (χ2v) is 4.53. The first-order valence-corrected chi connectivity index (χ1v) is 5.74. The van der Waals surface area contributed by atoms with Gasteiger partial charge in [-0.25, -0.2) is 9.31 Å². The molecule has 2 N–H and O–H groups in total. The van der Waals surface area contributed by atoms with Crippen LogP contribution in [-0.2, 0) is 0 Å². The third-order valence-corrected chi connectivity index (χ3v) is 3.24. The van der Waals surface area contributed by atoms with Crippen LogP contribution in [0.1, 0.15) is 10.6 Å². The van der Waals surface area contributed by atoms with Crippen molar-refractivity contribution in [3.8, 4) is 0 Å². The molecule has 0 amide bonds. The molecule has 2 aromatic heterocycles. The summed E-state index contributed by atoms with van der Waals surface area (Å²) in [7, 11) is 0. The molecule has 7 nitrogen and oxygen atoms in total. The molecule has 3 rings (SSSR count). The topological polar surface area (TPSA) is 100 Å². The number of carbonyl (C=O) groups is 1. The number of fused-ring (bicyclic) bond motifs is 3. The first-order chi connectivity index (χ1) is 8.97. The van der Waals surface area contributed by atoms with E-state index in [0.717, 1.165) is 4.52 Å². The maximum Gasteiger partial charge on any atom is 0.375 e. The predicted octanol–water partition coefficient (Wildman–Crippen LogP) is 1.58. The largest absolute Gasteiger partial charge is 0.475 e. The zero-order chi connectivity index (χ0) is 13.7. The van der Waals surface area contributed by atoms with Crippen molar-refractivity contribution in [1.29, 1.82) is 0 Å². The van der Waals surface area contributed by atoms with E-state index >= 15 is 0 Å². The minimum absolute atomic E-state index is 0.122. The van der Waals surface area contributed by atoms with Crippen LogP contribution in [0.3, 0.4) is 0 Å². The minimum atomic E-state index is -1.32. The highest BCUT2D eigenvalue weighted by Gasteiger charge is 2.16. The van der Waals surface area contributed by atoms with Gasteiger partial charge in [0.1, 0.15) is 0 Å². The Bertz CT molecular complexity index is 899. The van der Waals surface area contributed by atoms with Crippen LogP contribution < -0.4 is 5.56 Å². The number of H-pyrrole nitrogens is 1. The van der Waals surface area contributed by atoms with E-state index in [4.69, 9.17) is 28.3 Å². The van der Waals surface area contributed by atoms with Gasteiger partial charge in [-0.05, 0) is 12.1 Å². The number of nitrogens with one attached hydrogen (secondary N) is 1. The molecule has 0 aliphatic carbocycles. The monoisotopic (exact) mass is 298 g/mol. The highest BCUT2D eigenvalue weighted by molar-refractivity contribution is 6.42. The van der Waals surface area contributed by atoms with Crippen LogP contribution in [-0.4, -0.2) is 30.7 Å². The van der Waals surface area contributed by atoms with Crippen molar-refractivity contribution < 1.29 is 9.90 Å². The highest BCUT2D eigenvalue weighted by Crippen LogP contribution is 2.26. The smallest absolute Gasteiger partial charge is 0.375 e. The lowest BCUT2D eigenvalue weighted by atomic mass is 10.3. The van der Waals surface area contributed by atoms with Crippen LogP contribution in [0.2, 0.25) is 10.0 Å². The van der Waals surface area contributed by atoms with Gasteiger partial charge in [-0.2, -0.15) is 4.98 Å². The number of aromatic carboxylic acids is 1. The number of aromatic amines is 1. The molecular weight excluding hydrogens is 295 g/mol.